The average molecular weight is 294 g/mol. The van der Waals surface area contributed by atoms with Crippen molar-refractivity contribution in [2.45, 2.75) is 20.4 Å². The van der Waals surface area contributed by atoms with Crippen LogP contribution in [-0.2, 0) is 11.3 Å². The summed E-state index contributed by atoms with van der Waals surface area (Å²) < 4.78 is 19.0. The summed E-state index contributed by atoms with van der Waals surface area (Å²) in [6.45, 7) is 9.35. The first-order valence-electron chi connectivity index (χ1n) is 7.02. The molecule has 0 bridgehead atoms. The Labute approximate surface area is 125 Å². The van der Waals surface area contributed by atoms with Gasteiger partial charge in [-0.1, -0.05) is 26.0 Å². The molecular weight excluding hydrogens is 271 g/mol. The van der Waals surface area contributed by atoms with Crippen molar-refractivity contribution >= 4 is 5.91 Å². The van der Waals surface area contributed by atoms with Gasteiger partial charge in [-0.3, -0.25) is 4.79 Å². The highest BCUT2D eigenvalue weighted by molar-refractivity contribution is 5.77. The maximum Gasteiger partial charge on any atom is 0.258 e. The van der Waals surface area contributed by atoms with E-state index in [1.807, 2.05) is 0 Å². The van der Waals surface area contributed by atoms with Crippen molar-refractivity contribution in [2.24, 2.45) is 5.92 Å². The zero-order valence-electron chi connectivity index (χ0n) is 12.6. The van der Waals surface area contributed by atoms with Gasteiger partial charge in [0.2, 0.25) is 0 Å². The number of carbonyl (C=O) groups is 1. The lowest BCUT2D eigenvalue weighted by atomic mass is 10.2. The standard InChI is InChI=1S/C16H23FN2O2/c1-4-7-19-16(20)11-21-15-6-5-13(8-14(15)17)10-18-9-12(2)3/h4-6,8,12,18H,1,7,9-11H2,2-3H3,(H,19,20). The van der Waals surface area contributed by atoms with Gasteiger partial charge in [0.1, 0.15) is 0 Å². The summed E-state index contributed by atoms with van der Waals surface area (Å²) in [5.74, 6) is -0.143. The molecule has 0 saturated heterocycles. The first kappa shape index (κ1) is 17.2. The van der Waals surface area contributed by atoms with Gasteiger partial charge in [0, 0.05) is 13.1 Å². The summed E-state index contributed by atoms with van der Waals surface area (Å²) in [5.41, 5.74) is 0.844. The van der Waals surface area contributed by atoms with E-state index in [1.54, 1.807) is 18.2 Å². The highest BCUT2D eigenvalue weighted by atomic mass is 19.1. The van der Waals surface area contributed by atoms with Crippen molar-refractivity contribution in [2.75, 3.05) is 19.7 Å². The Kier molecular flexibility index (Phi) is 7.46. The molecule has 116 valence electrons. The topological polar surface area (TPSA) is 50.4 Å². The maximum atomic E-state index is 13.8. The summed E-state index contributed by atoms with van der Waals surface area (Å²) in [4.78, 5) is 11.3. The molecule has 1 rings (SSSR count). The van der Waals surface area contributed by atoms with Crippen LogP contribution in [0.4, 0.5) is 4.39 Å². The fourth-order valence-corrected chi connectivity index (χ4v) is 1.66. The van der Waals surface area contributed by atoms with E-state index in [0.29, 0.717) is 19.0 Å². The lowest BCUT2D eigenvalue weighted by Crippen LogP contribution is -2.28. The Morgan fingerprint density at radius 2 is 2.24 bits per heavy atom. The smallest absolute Gasteiger partial charge is 0.258 e. The van der Waals surface area contributed by atoms with Crippen LogP contribution in [0.15, 0.2) is 30.9 Å². The van der Waals surface area contributed by atoms with Crippen LogP contribution in [0, 0.1) is 11.7 Å². The van der Waals surface area contributed by atoms with Crippen molar-refractivity contribution in [1.29, 1.82) is 0 Å². The van der Waals surface area contributed by atoms with E-state index < -0.39 is 5.82 Å². The number of rotatable bonds is 9. The number of amides is 1. The molecular formula is C16H23FN2O2. The van der Waals surface area contributed by atoms with Crippen molar-refractivity contribution in [3.05, 3.63) is 42.2 Å². The Morgan fingerprint density at radius 3 is 2.86 bits per heavy atom. The Balaban J connectivity index is 2.46. The first-order valence-corrected chi connectivity index (χ1v) is 7.02. The fourth-order valence-electron chi connectivity index (χ4n) is 1.66. The predicted molar refractivity (Wildman–Crippen MR) is 81.6 cm³/mol. The zero-order valence-corrected chi connectivity index (χ0v) is 12.6. The van der Waals surface area contributed by atoms with Crippen molar-refractivity contribution < 1.29 is 13.9 Å². The highest BCUT2D eigenvalue weighted by Gasteiger charge is 2.07. The van der Waals surface area contributed by atoms with E-state index in [1.165, 1.54) is 6.07 Å². The molecule has 0 heterocycles. The third-order valence-electron chi connectivity index (χ3n) is 2.68. The number of hydrogen-bond acceptors (Lipinski definition) is 3. The van der Waals surface area contributed by atoms with Gasteiger partial charge in [-0.2, -0.15) is 0 Å². The van der Waals surface area contributed by atoms with Crippen LogP contribution in [0.3, 0.4) is 0 Å². The average Bonchev–Trinajstić information content (AvgIpc) is 2.43. The second-order valence-corrected chi connectivity index (χ2v) is 5.17. The van der Waals surface area contributed by atoms with Crippen LogP contribution in [0.1, 0.15) is 19.4 Å². The van der Waals surface area contributed by atoms with Crippen molar-refractivity contribution in [1.82, 2.24) is 10.6 Å². The molecule has 0 fully saturated rings. The normalized spacial score (nSPS) is 10.5. The third kappa shape index (κ3) is 6.90. The summed E-state index contributed by atoms with van der Waals surface area (Å²) >= 11 is 0. The molecule has 5 heteroatoms. The largest absolute Gasteiger partial charge is 0.481 e. The van der Waals surface area contributed by atoms with Gasteiger partial charge in [0.25, 0.3) is 5.91 Å². The van der Waals surface area contributed by atoms with E-state index in [9.17, 15) is 9.18 Å². The molecule has 1 aromatic carbocycles. The fraction of sp³-hybridized carbons (Fsp3) is 0.438. The summed E-state index contributed by atoms with van der Waals surface area (Å²) in [5, 5.41) is 5.80. The zero-order chi connectivity index (χ0) is 15.7. The molecule has 0 unspecified atom stereocenters. The minimum Gasteiger partial charge on any atom is -0.481 e. The molecule has 0 aliphatic rings. The molecule has 1 amide bonds. The monoisotopic (exact) mass is 294 g/mol. The van der Waals surface area contributed by atoms with Crippen LogP contribution >= 0.6 is 0 Å². The quantitative estimate of drug-likeness (QED) is 0.687. The highest BCUT2D eigenvalue weighted by Crippen LogP contribution is 2.18. The van der Waals surface area contributed by atoms with Gasteiger partial charge in [0.05, 0.1) is 0 Å². The molecule has 0 aliphatic carbocycles. The molecule has 0 atom stereocenters. The first-order chi connectivity index (χ1) is 10.0. The van der Waals surface area contributed by atoms with Crippen LogP contribution in [0.5, 0.6) is 5.75 Å². The van der Waals surface area contributed by atoms with Gasteiger partial charge in [-0.15, -0.1) is 6.58 Å². The molecule has 0 saturated carbocycles. The second kappa shape index (κ2) is 9.13. The van der Waals surface area contributed by atoms with Crippen molar-refractivity contribution in [3.63, 3.8) is 0 Å². The van der Waals surface area contributed by atoms with Gasteiger partial charge in [-0.05, 0) is 30.2 Å². The molecule has 0 aliphatic heterocycles. The van der Waals surface area contributed by atoms with E-state index in [-0.39, 0.29) is 18.3 Å². The number of ether oxygens (including phenoxy) is 1. The van der Waals surface area contributed by atoms with E-state index in [2.05, 4.69) is 31.1 Å². The second-order valence-electron chi connectivity index (χ2n) is 5.17. The van der Waals surface area contributed by atoms with Crippen LogP contribution < -0.4 is 15.4 Å². The maximum absolute atomic E-state index is 13.8. The minimum absolute atomic E-state index is 0.0800. The molecule has 2 N–H and O–H groups in total. The molecule has 4 nitrogen and oxygen atoms in total. The van der Waals surface area contributed by atoms with Crippen LogP contribution in [-0.4, -0.2) is 25.6 Å². The predicted octanol–water partition coefficient (Wildman–Crippen LogP) is 2.25. The Bertz CT molecular complexity index is 475. The molecule has 0 spiro atoms. The Morgan fingerprint density at radius 1 is 1.48 bits per heavy atom. The summed E-state index contributed by atoms with van der Waals surface area (Å²) in [6.07, 6.45) is 1.57. The molecule has 1 aromatic rings. The number of nitrogens with one attached hydrogen (secondary N) is 2. The third-order valence-corrected chi connectivity index (χ3v) is 2.68. The van der Waals surface area contributed by atoms with E-state index in [4.69, 9.17) is 4.74 Å². The minimum atomic E-state index is -0.463. The van der Waals surface area contributed by atoms with E-state index in [0.717, 1.165) is 12.1 Å². The van der Waals surface area contributed by atoms with Crippen LogP contribution in [0.25, 0.3) is 0 Å². The van der Waals surface area contributed by atoms with Gasteiger partial charge in [0.15, 0.2) is 18.2 Å². The summed E-state index contributed by atoms with van der Waals surface area (Å²) in [6, 6.07) is 4.75. The van der Waals surface area contributed by atoms with Crippen LogP contribution in [0.2, 0.25) is 0 Å². The van der Waals surface area contributed by atoms with E-state index >= 15 is 0 Å². The number of benzene rings is 1. The van der Waals surface area contributed by atoms with Gasteiger partial charge >= 0.3 is 0 Å². The SMILES string of the molecule is C=CCNC(=O)COc1ccc(CNCC(C)C)cc1F. The molecule has 21 heavy (non-hydrogen) atoms. The molecule has 0 radical (unpaired) electrons. The van der Waals surface area contributed by atoms with Crippen molar-refractivity contribution in [3.8, 4) is 5.75 Å². The number of carbonyl (C=O) groups excluding carboxylic acids is 1. The number of hydrogen-bond donors (Lipinski definition) is 2. The number of halogens is 1. The molecule has 0 aromatic heterocycles. The Hall–Kier alpha value is -1.88. The lowest BCUT2D eigenvalue weighted by molar-refractivity contribution is -0.122. The summed E-state index contributed by atoms with van der Waals surface area (Å²) in [7, 11) is 0. The lowest BCUT2D eigenvalue weighted by Gasteiger charge is -2.10. The van der Waals surface area contributed by atoms with Gasteiger partial charge in [-0.25, -0.2) is 4.39 Å². The van der Waals surface area contributed by atoms with Gasteiger partial charge < -0.3 is 15.4 Å².